The molecule has 2 atom stereocenters. The molecule has 5 nitrogen and oxygen atoms in total. The molecule has 0 saturated carbocycles. The molecular weight excluding hydrogens is 256 g/mol. The zero-order chi connectivity index (χ0) is 14.8. The standard InChI is InChI=1S/C15H32N2O3/c1-13(2)20-8-7-19-12-15(18)10-16-9-14-5-4-6-17(3)11-14/h13-16,18H,4-12H2,1-3H3. The number of likely N-dealkylation sites (tertiary alicyclic amines) is 1. The summed E-state index contributed by atoms with van der Waals surface area (Å²) in [6, 6.07) is 0. The molecule has 0 spiro atoms. The molecule has 0 aromatic heterocycles. The summed E-state index contributed by atoms with van der Waals surface area (Å²) in [4.78, 5) is 2.38. The van der Waals surface area contributed by atoms with Gasteiger partial charge in [-0.05, 0) is 52.7 Å². The van der Waals surface area contributed by atoms with Gasteiger partial charge in [-0.3, -0.25) is 0 Å². The highest BCUT2D eigenvalue weighted by molar-refractivity contribution is 4.73. The monoisotopic (exact) mass is 288 g/mol. The van der Waals surface area contributed by atoms with Crippen molar-refractivity contribution in [3.05, 3.63) is 0 Å². The van der Waals surface area contributed by atoms with Crippen LogP contribution in [0.1, 0.15) is 26.7 Å². The van der Waals surface area contributed by atoms with Gasteiger partial charge in [-0.25, -0.2) is 0 Å². The Morgan fingerprint density at radius 2 is 2.15 bits per heavy atom. The lowest BCUT2D eigenvalue weighted by Gasteiger charge is -2.30. The lowest BCUT2D eigenvalue weighted by molar-refractivity contribution is -0.0102. The second-order valence-corrected chi connectivity index (χ2v) is 6.08. The number of aliphatic hydroxyl groups excluding tert-OH is 1. The Labute approximate surface area is 123 Å². The lowest BCUT2D eigenvalue weighted by Crippen LogP contribution is -2.40. The van der Waals surface area contributed by atoms with E-state index in [1.807, 2.05) is 13.8 Å². The van der Waals surface area contributed by atoms with Gasteiger partial charge in [0, 0.05) is 13.1 Å². The van der Waals surface area contributed by atoms with E-state index in [9.17, 15) is 5.11 Å². The molecule has 0 radical (unpaired) electrons. The maximum Gasteiger partial charge on any atom is 0.0897 e. The second-order valence-electron chi connectivity index (χ2n) is 6.08. The third-order valence-electron chi connectivity index (χ3n) is 3.52. The SMILES string of the molecule is CC(C)OCCOCC(O)CNCC1CCCN(C)C1. The predicted octanol–water partition coefficient (Wildman–Crippen LogP) is 0.720. The van der Waals surface area contributed by atoms with Crippen LogP contribution in [-0.4, -0.2) is 75.3 Å². The molecule has 1 saturated heterocycles. The van der Waals surface area contributed by atoms with Gasteiger partial charge in [0.1, 0.15) is 0 Å². The van der Waals surface area contributed by atoms with Crippen molar-refractivity contribution in [2.45, 2.75) is 38.9 Å². The minimum atomic E-state index is -0.435. The number of hydrogen-bond donors (Lipinski definition) is 2. The molecule has 5 heteroatoms. The van der Waals surface area contributed by atoms with E-state index >= 15 is 0 Å². The van der Waals surface area contributed by atoms with Gasteiger partial charge < -0.3 is 24.8 Å². The molecule has 1 aliphatic heterocycles. The van der Waals surface area contributed by atoms with Gasteiger partial charge in [0.25, 0.3) is 0 Å². The molecule has 0 aromatic rings. The van der Waals surface area contributed by atoms with Crippen LogP contribution >= 0.6 is 0 Å². The minimum absolute atomic E-state index is 0.235. The summed E-state index contributed by atoms with van der Waals surface area (Å²) < 4.78 is 10.7. The quantitative estimate of drug-likeness (QED) is 0.580. The van der Waals surface area contributed by atoms with Crippen LogP contribution < -0.4 is 5.32 Å². The molecule has 2 unspecified atom stereocenters. The number of nitrogens with zero attached hydrogens (tertiary/aromatic N) is 1. The van der Waals surface area contributed by atoms with Crippen LogP contribution in [0.4, 0.5) is 0 Å². The van der Waals surface area contributed by atoms with E-state index in [-0.39, 0.29) is 6.10 Å². The molecule has 1 heterocycles. The fourth-order valence-corrected chi connectivity index (χ4v) is 2.51. The molecule has 2 N–H and O–H groups in total. The average molecular weight is 288 g/mol. The highest BCUT2D eigenvalue weighted by atomic mass is 16.5. The molecule has 1 aliphatic rings. The Hall–Kier alpha value is -0.200. The second kappa shape index (κ2) is 10.5. The first kappa shape index (κ1) is 17.9. The average Bonchev–Trinajstić information content (AvgIpc) is 2.38. The molecule has 20 heavy (non-hydrogen) atoms. The topological polar surface area (TPSA) is 54.0 Å². The van der Waals surface area contributed by atoms with Crippen LogP contribution in [0.2, 0.25) is 0 Å². The molecule has 1 fully saturated rings. The fourth-order valence-electron chi connectivity index (χ4n) is 2.51. The van der Waals surface area contributed by atoms with E-state index in [0.717, 1.165) is 13.1 Å². The Balaban J connectivity index is 1.93. The maximum absolute atomic E-state index is 9.80. The van der Waals surface area contributed by atoms with Crippen molar-refractivity contribution < 1.29 is 14.6 Å². The van der Waals surface area contributed by atoms with E-state index in [1.165, 1.54) is 19.4 Å². The third-order valence-corrected chi connectivity index (χ3v) is 3.52. The summed E-state index contributed by atoms with van der Waals surface area (Å²) in [7, 11) is 2.17. The van der Waals surface area contributed by atoms with Crippen molar-refractivity contribution in [3.63, 3.8) is 0 Å². The Kier molecular flexibility index (Phi) is 9.39. The Morgan fingerprint density at radius 1 is 1.35 bits per heavy atom. The molecule has 1 rings (SSSR count). The van der Waals surface area contributed by atoms with E-state index in [0.29, 0.717) is 32.3 Å². The molecule has 0 amide bonds. The van der Waals surface area contributed by atoms with Crippen molar-refractivity contribution in [2.24, 2.45) is 5.92 Å². The van der Waals surface area contributed by atoms with Crippen molar-refractivity contribution in [3.8, 4) is 0 Å². The smallest absolute Gasteiger partial charge is 0.0897 e. The van der Waals surface area contributed by atoms with Crippen LogP contribution in [0.5, 0.6) is 0 Å². The van der Waals surface area contributed by atoms with Gasteiger partial charge in [-0.15, -0.1) is 0 Å². The largest absolute Gasteiger partial charge is 0.389 e. The van der Waals surface area contributed by atoms with Crippen LogP contribution in [-0.2, 0) is 9.47 Å². The summed E-state index contributed by atoms with van der Waals surface area (Å²) in [6.07, 6.45) is 2.37. The van der Waals surface area contributed by atoms with E-state index in [2.05, 4.69) is 17.3 Å². The van der Waals surface area contributed by atoms with Gasteiger partial charge in [-0.2, -0.15) is 0 Å². The van der Waals surface area contributed by atoms with E-state index in [1.54, 1.807) is 0 Å². The van der Waals surface area contributed by atoms with Gasteiger partial charge in [0.05, 0.1) is 32.0 Å². The molecule has 0 aromatic carbocycles. The van der Waals surface area contributed by atoms with Crippen LogP contribution in [0.25, 0.3) is 0 Å². The maximum atomic E-state index is 9.80. The lowest BCUT2D eigenvalue weighted by atomic mass is 9.98. The van der Waals surface area contributed by atoms with Gasteiger partial charge in [-0.1, -0.05) is 0 Å². The Morgan fingerprint density at radius 3 is 2.85 bits per heavy atom. The first-order valence-electron chi connectivity index (χ1n) is 7.84. The van der Waals surface area contributed by atoms with E-state index < -0.39 is 6.10 Å². The first-order chi connectivity index (χ1) is 9.58. The number of rotatable bonds is 10. The van der Waals surface area contributed by atoms with Gasteiger partial charge in [0.2, 0.25) is 0 Å². The zero-order valence-corrected chi connectivity index (χ0v) is 13.3. The normalized spacial score (nSPS) is 22.4. The summed E-state index contributed by atoms with van der Waals surface area (Å²) >= 11 is 0. The number of ether oxygens (including phenoxy) is 2. The number of hydrogen-bond acceptors (Lipinski definition) is 5. The predicted molar refractivity (Wildman–Crippen MR) is 81.0 cm³/mol. The Bertz CT molecular complexity index is 239. The van der Waals surface area contributed by atoms with Gasteiger partial charge >= 0.3 is 0 Å². The molecule has 0 aliphatic carbocycles. The van der Waals surface area contributed by atoms with Gasteiger partial charge in [0.15, 0.2) is 0 Å². The first-order valence-corrected chi connectivity index (χ1v) is 7.84. The van der Waals surface area contributed by atoms with Crippen LogP contribution in [0.15, 0.2) is 0 Å². The van der Waals surface area contributed by atoms with Crippen molar-refractivity contribution in [1.82, 2.24) is 10.2 Å². The molecular formula is C15H32N2O3. The van der Waals surface area contributed by atoms with Crippen LogP contribution in [0, 0.1) is 5.92 Å². The number of nitrogens with one attached hydrogen (secondary N) is 1. The molecule has 120 valence electrons. The highest BCUT2D eigenvalue weighted by Gasteiger charge is 2.16. The fraction of sp³-hybridized carbons (Fsp3) is 1.00. The third kappa shape index (κ3) is 8.87. The summed E-state index contributed by atoms with van der Waals surface area (Å²) in [5, 5.41) is 13.1. The van der Waals surface area contributed by atoms with Crippen molar-refractivity contribution in [1.29, 1.82) is 0 Å². The summed E-state index contributed by atoms with van der Waals surface area (Å²) in [6.45, 7) is 9.47. The number of piperidine rings is 1. The van der Waals surface area contributed by atoms with E-state index in [4.69, 9.17) is 9.47 Å². The van der Waals surface area contributed by atoms with Crippen LogP contribution in [0.3, 0.4) is 0 Å². The summed E-state index contributed by atoms with van der Waals surface area (Å²) in [5.41, 5.74) is 0. The zero-order valence-electron chi connectivity index (χ0n) is 13.3. The highest BCUT2D eigenvalue weighted by Crippen LogP contribution is 2.13. The minimum Gasteiger partial charge on any atom is -0.389 e. The van der Waals surface area contributed by atoms with Crippen molar-refractivity contribution in [2.75, 3.05) is 53.0 Å². The summed E-state index contributed by atoms with van der Waals surface area (Å²) in [5.74, 6) is 0.710. The number of aliphatic hydroxyl groups is 1. The van der Waals surface area contributed by atoms with Crippen molar-refractivity contribution >= 4 is 0 Å². The molecule has 0 bridgehead atoms.